The fourth-order valence-corrected chi connectivity index (χ4v) is 1.78. The lowest BCUT2D eigenvalue weighted by molar-refractivity contribution is -0.141. The molecule has 0 atom stereocenters. The molecule has 1 aromatic carbocycles. The molecule has 0 fully saturated rings. The van der Waals surface area contributed by atoms with Gasteiger partial charge in [0.2, 0.25) is 0 Å². The van der Waals surface area contributed by atoms with Gasteiger partial charge in [-0.05, 0) is 6.07 Å². The third-order valence-electron chi connectivity index (χ3n) is 2.19. The summed E-state index contributed by atoms with van der Waals surface area (Å²) in [7, 11) is 0. The molecule has 114 valence electrons. The van der Waals surface area contributed by atoms with Gasteiger partial charge in [0.05, 0.1) is 11.2 Å². The number of hydrazone groups is 1. The van der Waals surface area contributed by atoms with Crippen molar-refractivity contribution in [3.63, 3.8) is 0 Å². The smallest absolute Gasteiger partial charge is 0.324 e. The van der Waals surface area contributed by atoms with E-state index in [1.165, 1.54) is 0 Å². The second-order valence-electron chi connectivity index (χ2n) is 3.81. The van der Waals surface area contributed by atoms with Gasteiger partial charge in [0.25, 0.3) is 0 Å². The quantitative estimate of drug-likeness (QED) is 0.453. The lowest BCUT2D eigenvalue weighted by Crippen LogP contribution is -2.30. The lowest BCUT2D eigenvalue weighted by atomic mass is 10.2. The molecule has 0 heterocycles. The van der Waals surface area contributed by atoms with Crippen LogP contribution in [0.5, 0.6) is 11.5 Å². The molecule has 0 aliphatic heterocycles. The number of carboxylic acid groups (broad SMARTS) is 2. The van der Waals surface area contributed by atoms with Crippen LogP contribution in [-0.2, 0) is 9.59 Å². The second-order valence-corrected chi connectivity index (χ2v) is 4.60. The maximum absolute atomic E-state index is 10.6. The molecule has 4 N–H and O–H groups in total. The third kappa shape index (κ3) is 4.69. The van der Waals surface area contributed by atoms with Crippen LogP contribution < -0.4 is 0 Å². The highest BCUT2D eigenvalue weighted by atomic mass is 35.5. The van der Waals surface area contributed by atoms with E-state index in [0.29, 0.717) is 0 Å². The van der Waals surface area contributed by atoms with Crippen LogP contribution in [0.2, 0.25) is 10.0 Å². The van der Waals surface area contributed by atoms with E-state index in [-0.39, 0.29) is 10.6 Å². The predicted molar refractivity (Wildman–Crippen MR) is 74.2 cm³/mol. The Bertz CT molecular complexity index is 589. The average molecular weight is 337 g/mol. The van der Waals surface area contributed by atoms with Gasteiger partial charge < -0.3 is 20.4 Å². The van der Waals surface area contributed by atoms with Gasteiger partial charge in [0.15, 0.2) is 5.75 Å². The molecule has 0 aromatic heterocycles. The van der Waals surface area contributed by atoms with Crippen LogP contribution in [0.3, 0.4) is 0 Å². The standard InChI is InChI=1S/C11H10Cl2N2O6/c12-6-1-5(10(20)9(13)11(6)21)2-14-15(3-7(16)17)4-8(18)19/h1-2,20-21H,3-4H2,(H,16,17)(H,18,19)/b14-2-. The van der Waals surface area contributed by atoms with Gasteiger partial charge in [-0.15, -0.1) is 0 Å². The first-order valence-corrected chi connectivity index (χ1v) is 6.10. The van der Waals surface area contributed by atoms with Gasteiger partial charge in [-0.25, -0.2) is 0 Å². The first-order chi connectivity index (χ1) is 9.72. The van der Waals surface area contributed by atoms with Gasteiger partial charge >= 0.3 is 11.9 Å². The van der Waals surface area contributed by atoms with Gasteiger partial charge in [-0.3, -0.25) is 14.6 Å². The number of phenolic OH excluding ortho intramolecular Hbond substituents is 2. The second kappa shape index (κ2) is 7.00. The largest absolute Gasteiger partial charge is 0.506 e. The van der Waals surface area contributed by atoms with E-state index in [4.69, 9.17) is 33.4 Å². The summed E-state index contributed by atoms with van der Waals surface area (Å²) in [5, 5.41) is 40.2. The SMILES string of the molecule is O=C(O)CN(CC(=O)O)/N=C\c1cc(Cl)c(O)c(Cl)c1O. The van der Waals surface area contributed by atoms with Crippen LogP contribution in [-0.4, -0.2) is 56.7 Å². The lowest BCUT2D eigenvalue weighted by Gasteiger charge is -2.14. The highest BCUT2D eigenvalue weighted by molar-refractivity contribution is 6.38. The summed E-state index contributed by atoms with van der Waals surface area (Å²) in [6, 6.07) is 1.14. The first-order valence-electron chi connectivity index (χ1n) is 5.34. The summed E-state index contributed by atoms with van der Waals surface area (Å²) in [6.45, 7) is -1.30. The van der Waals surface area contributed by atoms with Crippen LogP contribution >= 0.6 is 23.2 Å². The minimum Gasteiger partial charge on any atom is -0.506 e. The van der Waals surface area contributed by atoms with Crippen molar-refractivity contribution in [1.82, 2.24) is 5.01 Å². The first kappa shape index (κ1) is 16.9. The molecule has 10 heteroatoms. The molecule has 0 saturated heterocycles. The number of aromatic hydroxyl groups is 2. The highest BCUT2D eigenvalue weighted by Crippen LogP contribution is 2.40. The van der Waals surface area contributed by atoms with Crippen LogP contribution in [0.15, 0.2) is 11.2 Å². The molecular weight excluding hydrogens is 327 g/mol. The molecule has 0 unspecified atom stereocenters. The minimum atomic E-state index is -1.28. The van der Waals surface area contributed by atoms with Crippen molar-refractivity contribution in [3.05, 3.63) is 21.7 Å². The fraction of sp³-hybridized carbons (Fsp3) is 0.182. The predicted octanol–water partition coefficient (Wildman–Crippen LogP) is 1.21. The van der Waals surface area contributed by atoms with Gasteiger partial charge in [-0.1, -0.05) is 23.2 Å². The van der Waals surface area contributed by atoms with E-state index in [9.17, 15) is 19.8 Å². The van der Waals surface area contributed by atoms with Crippen LogP contribution in [0, 0.1) is 0 Å². The van der Waals surface area contributed by atoms with E-state index in [0.717, 1.165) is 17.3 Å². The Morgan fingerprint density at radius 3 is 2.14 bits per heavy atom. The van der Waals surface area contributed by atoms with Crippen molar-refractivity contribution in [1.29, 1.82) is 0 Å². The van der Waals surface area contributed by atoms with E-state index >= 15 is 0 Å². The maximum atomic E-state index is 10.6. The van der Waals surface area contributed by atoms with Crippen molar-refractivity contribution in [2.45, 2.75) is 0 Å². The molecule has 0 radical (unpaired) electrons. The van der Waals surface area contributed by atoms with Crippen molar-refractivity contribution in [2.24, 2.45) is 5.10 Å². The number of aliphatic carboxylic acids is 2. The van der Waals surface area contributed by atoms with Crippen LogP contribution in [0.1, 0.15) is 5.56 Å². The molecule has 1 rings (SSSR count). The number of carboxylic acids is 2. The van der Waals surface area contributed by atoms with Crippen molar-refractivity contribution >= 4 is 41.4 Å². The molecule has 0 saturated carbocycles. The number of phenols is 2. The Kier molecular flexibility index (Phi) is 5.62. The minimum absolute atomic E-state index is 0.0106. The van der Waals surface area contributed by atoms with E-state index in [1.54, 1.807) is 0 Å². The molecule has 0 spiro atoms. The zero-order valence-corrected chi connectivity index (χ0v) is 11.8. The number of hydrogen-bond acceptors (Lipinski definition) is 6. The Balaban J connectivity index is 3.06. The summed E-state index contributed by atoms with van der Waals surface area (Å²) in [4.78, 5) is 21.2. The maximum Gasteiger partial charge on any atom is 0.324 e. The zero-order valence-electron chi connectivity index (χ0n) is 10.3. The molecule has 0 bridgehead atoms. The molecule has 0 amide bonds. The molecule has 0 aliphatic carbocycles. The van der Waals surface area contributed by atoms with Crippen molar-refractivity contribution in [3.8, 4) is 11.5 Å². The van der Waals surface area contributed by atoms with Gasteiger partial charge in [0.1, 0.15) is 23.9 Å². The summed E-state index contributed by atoms with van der Waals surface area (Å²) >= 11 is 11.3. The molecular formula is C11H10Cl2N2O6. The summed E-state index contributed by atoms with van der Waals surface area (Å²) < 4.78 is 0. The number of halogens is 2. The zero-order chi connectivity index (χ0) is 16.2. The van der Waals surface area contributed by atoms with Gasteiger partial charge in [0, 0.05) is 5.56 Å². The number of hydrogen-bond donors (Lipinski definition) is 4. The Morgan fingerprint density at radius 1 is 1.14 bits per heavy atom. The number of benzene rings is 1. The number of rotatable bonds is 6. The number of nitrogens with zero attached hydrogens (tertiary/aromatic N) is 2. The number of carbonyl (C=O) groups is 2. The molecule has 1 aromatic rings. The van der Waals surface area contributed by atoms with Crippen molar-refractivity contribution in [2.75, 3.05) is 13.1 Å². The van der Waals surface area contributed by atoms with Crippen LogP contribution in [0.4, 0.5) is 0 Å². The third-order valence-corrected chi connectivity index (χ3v) is 2.84. The summed E-state index contributed by atoms with van der Waals surface area (Å²) in [6.07, 6.45) is 0.985. The normalized spacial score (nSPS) is 10.8. The van der Waals surface area contributed by atoms with E-state index in [2.05, 4.69) is 5.10 Å². The van der Waals surface area contributed by atoms with E-state index < -0.39 is 41.5 Å². The Morgan fingerprint density at radius 2 is 1.67 bits per heavy atom. The van der Waals surface area contributed by atoms with Gasteiger partial charge in [-0.2, -0.15) is 5.10 Å². The fourth-order valence-electron chi connectivity index (χ4n) is 1.31. The van der Waals surface area contributed by atoms with Crippen LogP contribution in [0.25, 0.3) is 0 Å². The topological polar surface area (TPSA) is 131 Å². The summed E-state index contributed by atoms with van der Waals surface area (Å²) in [5.41, 5.74) is -0.0106. The molecule has 8 nitrogen and oxygen atoms in total. The monoisotopic (exact) mass is 336 g/mol. The Labute approximate surface area is 128 Å². The molecule has 0 aliphatic rings. The highest BCUT2D eigenvalue weighted by Gasteiger charge is 2.15. The summed E-state index contributed by atoms with van der Waals surface area (Å²) in [5.74, 6) is -3.59. The van der Waals surface area contributed by atoms with Crippen molar-refractivity contribution < 1.29 is 30.0 Å². The molecule has 21 heavy (non-hydrogen) atoms. The average Bonchev–Trinajstić information content (AvgIpc) is 2.37. The Hall–Kier alpha value is -2.19. The van der Waals surface area contributed by atoms with E-state index in [1.807, 2.05) is 0 Å².